The zero-order valence-electron chi connectivity index (χ0n) is 7.89. The first-order valence-electron chi connectivity index (χ1n) is 4.57. The Morgan fingerprint density at radius 1 is 1.18 bits per heavy atom. The van der Waals surface area contributed by atoms with E-state index in [1.165, 1.54) is 25.7 Å². The Hall–Kier alpha value is -0.0400. The molecule has 0 amide bonds. The van der Waals surface area contributed by atoms with Crippen molar-refractivity contribution in [2.45, 2.75) is 58.2 Å². The van der Waals surface area contributed by atoms with Crippen molar-refractivity contribution < 1.29 is 4.74 Å². The van der Waals surface area contributed by atoms with Crippen molar-refractivity contribution >= 4 is 0 Å². The minimum Gasteiger partial charge on any atom is -0.373 e. The van der Waals surface area contributed by atoms with Gasteiger partial charge in [-0.3, -0.25) is 0 Å². The second-order valence-corrected chi connectivity index (χ2v) is 4.30. The maximum Gasteiger partial charge on any atom is 0.0602 e. The first kappa shape index (κ1) is 9.05. The van der Waals surface area contributed by atoms with Gasteiger partial charge in [-0.05, 0) is 52.9 Å². The molecule has 0 aromatic heterocycles. The van der Waals surface area contributed by atoms with Crippen LogP contribution in [-0.4, -0.2) is 11.7 Å². The molecule has 0 aromatic rings. The molecule has 0 aromatic carbocycles. The molecule has 0 spiro atoms. The van der Waals surface area contributed by atoms with Gasteiger partial charge in [-0.1, -0.05) is 0 Å². The first-order chi connectivity index (χ1) is 5.08. The van der Waals surface area contributed by atoms with Crippen LogP contribution in [0.15, 0.2) is 0 Å². The van der Waals surface area contributed by atoms with Gasteiger partial charge < -0.3 is 4.74 Å². The smallest absolute Gasteiger partial charge is 0.0602 e. The minimum absolute atomic E-state index is 0.0437. The van der Waals surface area contributed by atoms with E-state index in [1.807, 2.05) is 0 Å². The Balaban J connectivity index is 2.24. The molecule has 0 heterocycles. The molecule has 1 aliphatic rings. The van der Waals surface area contributed by atoms with Crippen LogP contribution >= 0.6 is 0 Å². The molecule has 11 heavy (non-hydrogen) atoms. The fourth-order valence-corrected chi connectivity index (χ4v) is 1.51. The van der Waals surface area contributed by atoms with Gasteiger partial charge in [-0.25, -0.2) is 0 Å². The second kappa shape index (κ2) is 3.57. The van der Waals surface area contributed by atoms with Gasteiger partial charge >= 0.3 is 0 Å². The lowest BCUT2D eigenvalue weighted by atomic mass is 9.97. The molecule has 0 saturated heterocycles. The standard InChI is InChI=1S/C10H19O/c1-10(2,3)11-9-7-5-4-6-8-9/h4,9H,5-8H2,1-3H3. The maximum atomic E-state index is 5.86. The Labute approximate surface area is 70.1 Å². The van der Waals surface area contributed by atoms with Crippen LogP contribution in [-0.2, 0) is 4.74 Å². The molecule has 1 rings (SSSR count). The Kier molecular flexibility index (Phi) is 2.94. The predicted octanol–water partition coefficient (Wildman–Crippen LogP) is 2.95. The molecule has 0 unspecified atom stereocenters. The lowest BCUT2D eigenvalue weighted by Gasteiger charge is -2.29. The van der Waals surface area contributed by atoms with Crippen LogP contribution < -0.4 is 0 Å². The van der Waals surface area contributed by atoms with Crippen LogP contribution in [0.2, 0.25) is 0 Å². The van der Waals surface area contributed by atoms with Gasteiger partial charge in [-0.15, -0.1) is 0 Å². The lowest BCUT2D eigenvalue weighted by molar-refractivity contribution is -0.0698. The third-order valence-electron chi connectivity index (χ3n) is 1.91. The van der Waals surface area contributed by atoms with Crippen LogP contribution in [0.25, 0.3) is 0 Å². The van der Waals surface area contributed by atoms with E-state index in [1.54, 1.807) is 0 Å². The van der Waals surface area contributed by atoms with Crippen molar-refractivity contribution in [1.82, 2.24) is 0 Å². The van der Waals surface area contributed by atoms with Gasteiger partial charge in [0.1, 0.15) is 0 Å². The van der Waals surface area contributed by atoms with Crippen molar-refractivity contribution in [2.75, 3.05) is 0 Å². The van der Waals surface area contributed by atoms with Crippen molar-refractivity contribution in [3.63, 3.8) is 0 Å². The summed E-state index contributed by atoms with van der Waals surface area (Å²) in [7, 11) is 0. The summed E-state index contributed by atoms with van der Waals surface area (Å²) < 4.78 is 5.86. The summed E-state index contributed by atoms with van der Waals surface area (Å²) in [5.41, 5.74) is 0.0437. The van der Waals surface area contributed by atoms with Crippen molar-refractivity contribution in [2.24, 2.45) is 0 Å². The molecule has 0 aliphatic heterocycles. The van der Waals surface area contributed by atoms with Crippen LogP contribution in [0.1, 0.15) is 46.5 Å². The molecule has 0 bridgehead atoms. The molecule has 1 aliphatic carbocycles. The molecule has 1 saturated carbocycles. The monoisotopic (exact) mass is 155 g/mol. The summed E-state index contributed by atoms with van der Waals surface area (Å²) in [5, 5.41) is 0. The van der Waals surface area contributed by atoms with E-state index in [9.17, 15) is 0 Å². The van der Waals surface area contributed by atoms with E-state index < -0.39 is 0 Å². The maximum absolute atomic E-state index is 5.86. The summed E-state index contributed by atoms with van der Waals surface area (Å²) in [5.74, 6) is 0. The highest BCUT2D eigenvalue weighted by Crippen LogP contribution is 2.23. The molecule has 0 atom stereocenters. The van der Waals surface area contributed by atoms with Crippen LogP contribution in [0.5, 0.6) is 0 Å². The highest BCUT2D eigenvalue weighted by atomic mass is 16.5. The van der Waals surface area contributed by atoms with Gasteiger partial charge in [-0.2, -0.15) is 0 Å². The summed E-state index contributed by atoms with van der Waals surface area (Å²) in [6.07, 6.45) is 7.79. The van der Waals surface area contributed by atoms with Crippen molar-refractivity contribution in [3.05, 3.63) is 6.42 Å². The zero-order valence-corrected chi connectivity index (χ0v) is 7.89. The highest BCUT2D eigenvalue weighted by Gasteiger charge is 2.20. The predicted molar refractivity (Wildman–Crippen MR) is 47.4 cm³/mol. The molecule has 0 N–H and O–H groups in total. The number of hydrogen-bond donors (Lipinski definition) is 0. The Morgan fingerprint density at radius 3 is 2.18 bits per heavy atom. The average Bonchev–Trinajstić information content (AvgIpc) is 1.85. The van der Waals surface area contributed by atoms with Crippen LogP contribution in [0.3, 0.4) is 0 Å². The van der Waals surface area contributed by atoms with E-state index >= 15 is 0 Å². The van der Waals surface area contributed by atoms with Gasteiger partial charge in [0.25, 0.3) is 0 Å². The zero-order chi connectivity index (χ0) is 8.32. The van der Waals surface area contributed by atoms with Crippen LogP contribution in [0.4, 0.5) is 0 Å². The van der Waals surface area contributed by atoms with Gasteiger partial charge in [0.15, 0.2) is 0 Å². The van der Waals surface area contributed by atoms with E-state index in [2.05, 4.69) is 27.2 Å². The number of ether oxygens (including phenoxy) is 1. The average molecular weight is 155 g/mol. The van der Waals surface area contributed by atoms with E-state index in [0.29, 0.717) is 6.10 Å². The normalized spacial score (nSPS) is 22.1. The van der Waals surface area contributed by atoms with Crippen molar-refractivity contribution in [1.29, 1.82) is 0 Å². The highest BCUT2D eigenvalue weighted by molar-refractivity contribution is 4.78. The Bertz CT molecular complexity index is 107. The van der Waals surface area contributed by atoms with Gasteiger partial charge in [0, 0.05) is 0 Å². The molecular weight excluding hydrogens is 136 g/mol. The van der Waals surface area contributed by atoms with Crippen molar-refractivity contribution in [3.8, 4) is 0 Å². The lowest BCUT2D eigenvalue weighted by Crippen LogP contribution is -2.28. The van der Waals surface area contributed by atoms with E-state index in [4.69, 9.17) is 4.74 Å². The molecule has 1 fully saturated rings. The largest absolute Gasteiger partial charge is 0.373 e. The minimum atomic E-state index is 0.0437. The molecule has 1 heteroatoms. The molecule has 65 valence electrons. The van der Waals surface area contributed by atoms with Crippen LogP contribution in [0, 0.1) is 6.42 Å². The third kappa shape index (κ3) is 3.76. The summed E-state index contributed by atoms with van der Waals surface area (Å²) >= 11 is 0. The SMILES string of the molecule is CC(C)(C)OC1CC[CH]CC1. The molecule has 1 nitrogen and oxygen atoms in total. The quantitative estimate of drug-likeness (QED) is 0.565. The molecule has 1 radical (unpaired) electrons. The first-order valence-corrected chi connectivity index (χ1v) is 4.57. The fraction of sp³-hybridized carbons (Fsp3) is 0.900. The van der Waals surface area contributed by atoms with E-state index in [0.717, 1.165) is 0 Å². The summed E-state index contributed by atoms with van der Waals surface area (Å²) in [6.45, 7) is 6.39. The number of rotatable bonds is 1. The summed E-state index contributed by atoms with van der Waals surface area (Å²) in [4.78, 5) is 0. The topological polar surface area (TPSA) is 9.23 Å². The summed E-state index contributed by atoms with van der Waals surface area (Å²) in [6, 6.07) is 0. The van der Waals surface area contributed by atoms with E-state index in [-0.39, 0.29) is 5.60 Å². The fourth-order valence-electron chi connectivity index (χ4n) is 1.51. The van der Waals surface area contributed by atoms with Gasteiger partial charge in [0.05, 0.1) is 11.7 Å². The van der Waals surface area contributed by atoms with Gasteiger partial charge in [0.2, 0.25) is 0 Å². The third-order valence-corrected chi connectivity index (χ3v) is 1.91. The second-order valence-electron chi connectivity index (χ2n) is 4.30. The Morgan fingerprint density at radius 2 is 1.73 bits per heavy atom. The molecular formula is C10H19O. The number of hydrogen-bond acceptors (Lipinski definition) is 1.